The van der Waals surface area contributed by atoms with E-state index in [1.54, 1.807) is 0 Å². The summed E-state index contributed by atoms with van der Waals surface area (Å²) in [4.78, 5) is 9.10. The molecule has 0 radical (unpaired) electrons. The van der Waals surface area contributed by atoms with Gasteiger partial charge in [0.2, 0.25) is 0 Å². The van der Waals surface area contributed by atoms with E-state index >= 15 is 0 Å². The van der Waals surface area contributed by atoms with Crippen molar-refractivity contribution < 1.29 is 0 Å². The fraction of sp³-hybridized carbons (Fsp3) is 0.108. The van der Waals surface area contributed by atoms with Gasteiger partial charge in [-0.25, -0.2) is 10.0 Å². The quantitative estimate of drug-likeness (QED) is 0.126. The first-order chi connectivity index (χ1) is 38.4. The highest BCUT2D eigenvalue weighted by atomic mass is 32.3. The van der Waals surface area contributed by atoms with E-state index in [2.05, 4.69) is 310 Å². The molecule has 0 aliphatic carbocycles. The van der Waals surface area contributed by atoms with Gasteiger partial charge in [-0.1, -0.05) is 174 Å². The van der Waals surface area contributed by atoms with Gasteiger partial charge in [-0.2, -0.15) is 0 Å². The summed E-state index contributed by atoms with van der Waals surface area (Å²) in [5.41, 5.74) is 28.2. The zero-order valence-corrected chi connectivity index (χ0v) is 46.8. The number of nitrogens with zero attached hydrogens (tertiary/aromatic N) is 3. The van der Waals surface area contributed by atoms with Gasteiger partial charge in [-0.05, 0) is 209 Å². The molecule has 3 nitrogen and oxygen atoms in total. The van der Waals surface area contributed by atoms with Gasteiger partial charge in [0.05, 0.1) is 11.1 Å². The van der Waals surface area contributed by atoms with E-state index in [1.165, 1.54) is 111 Å². The van der Waals surface area contributed by atoms with Gasteiger partial charge in [0.15, 0.2) is 0 Å². The van der Waals surface area contributed by atoms with Gasteiger partial charge >= 0.3 is 0 Å². The highest BCUT2D eigenvalue weighted by Gasteiger charge is 2.56. The molecule has 11 aromatic rings. The Morgan fingerprint density at radius 1 is 0.342 bits per heavy atom. The molecule has 382 valence electrons. The number of anilines is 9. The van der Waals surface area contributed by atoms with Crippen molar-refractivity contribution in [1.82, 2.24) is 0 Å². The lowest BCUT2D eigenvalue weighted by atomic mass is 9.27. The molecular formula is C74H62BN3S. The molecule has 14 rings (SSSR count). The van der Waals surface area contributed by atoms with Crippen LogP contribution in [0.4, 0.5) is 51.2 Å². The third-order valence-corrected chi connectivity index (χ3v) is 18.6. The number of hydrogen-bond donors (Lipinski definition) is 0. The Hall–Kier alpha value is -8.77. The Kier molecular flexibility index (Phi) is 11.5. The molecule has 0 saturated carbocycles. The molecule has 0 aromatic heterocycles. The Balaban J connectivity index is 1.20. The minimum absolute atomic E-state index is 0.129. The van der Waals surface area contributed by atoms with Crippen LogP contribution in [0.5, 0.6) is 0 Å². The molecule has 0 bridgehead atoms. The van der Waals surface area contributed by atoms with E-state index in [0.717, 1.165) is 28.4 Å². The average molecular weight is 1040 g/mol. The Morgan fingerprint density at radius 2 is 0.709 bits per heavy atom. The summed E-state index contributed by atoms with van der Waals surface area (Å²) >= 11 is 0. The fourth-order valence-electron chi connectivity index (χ4n) is 13.1. The number of para-hydroxylation sites is 1. The predicted octanol–water partition coefficient (Wildman–Crippen LogP) is 17.6. The number of hydrogen-bond acceptors (Lipinski definition) is 3. The van der Waals surface area contributed by atoms with Crippen molar-refractivity contribution in [2.75, 3.05) is 33.5 Å². The Labute approximate surface area is 468 Å². The Bertz CT molecular complexity index is 3900. The van der Waals surface area contributed by atoms with E-state index in [1.807, 2.05) is 0 Å². The van der Waals surface area contributed by atoms with Gasteiger partial charge in [-0.15, -0.1) is 0 Å². The largest absolute Gasteiger partial charge is 0.311 e. The summed E-state index contributed by atoms with van der Waals surface area (Å²) in [5.74, 6) is 0. The zero-order valence-electron chi connectivity index (χ0n) is 46.0. The van der Waals surface area contributed by atoms with Gasteiger partial charge < -0.3 is 14.7 Å². The van der Waals surface area contributed by atoms with Crippen LogP contribution in [0.3, 0.4) is 0 Å². The molecule has 0 saturated heterocycles. The van der Waals surface area contributed by atoms with Crippen LogP contribution in [0.2, 0.25) is 0 Å². The van der Waals surface area contributed by atoms with Crippen LogP contribution < -0.4 is 31.1 Å². The van der Waals surface area contributed by atoms with Crippen molar-refractivity contribution in [3.8, 4) is 22.3 Å². The first kappa shape index (κ1) is 48.6. The third-order valence-electron chi connectivity index (χ3n) is 16.9. The third kappa shape index (κ3) is 7.88. The normalized spacial score (nSPS) is 13.7. The van der Waals surface area contributed by atoms with Crippen LogP contribution >= 0.6 is 10.0 Å². The van der Waals surface area contributed by atoms with Gasteiger partial charge in [0, 0.05) is 45.5 Å². The maximum absolute atomic E-state index is 2.62. The van der Waals surface area contributed by atoms with E-state index in [0.29, 0.717) is 0 Å². The SMILES string of the molecule is Cc1ccc(N2c3cc(N(c4ccccc4)c4ccc(S(C)(C)C)cc4)cc4c3B3c5c2cc(-c2ccccc2)cc5C(c2ccc(C)cc2)(c2ccc(C)cc2)c2cc(-c5ccccc5)cc(c23)N4c2ccc(C)cc2)cc1. The molecule has 0 N–H and O–H groups in total. The minimum atomic E-state index is -0.961. The van der Waals surface area contributed by atoms with Crippen molar-refractivity contribution in [2.24, 2.45) is 0 Å². The molecule has 11 aromatic carbocycles. The maximum atomic E-state index is 2.62. The molecule has 79 heavy (non-hydrogen) atoms. The molecule has 0 amide bonds. The minimum Gasteiger partial charge on any atom is -0.311 e. The topological polar surface area (TPSA) is 9.72 Å². The lowest BCUT2D eigenvalue weighted by Crippen LogP contribution is -2.68. The summed E-state index contributed by atoms with van der Waals surface area (Å²) in [5, 5.41) is 0. The lowest BCUT2D eigenvalue weighted by Gasteiger charge is -2.53. The maximum Gasteiger partial charge on any atom is 0.253 e. The molecule has 3 heterocycles. The summed E-state index contributed by atoms with van der Waals surface area (Å²) in [6.07, 6.45) is 7.13. The molecule has 0 spiro atoms. The van der Waals surface area contributed by atoms with Crippen molar-refractivity contribution in [3.63, 3.8) is 0 Å². The number of benzene rings is 11. The smallest absolute Gasteiger partial charge is 0.253 e. The van der Waals surface area contributed by atoms with E-state index in [-0.39, 0.29) is 6.71 Å². The first-order valence-corrected chi connectivity index (χ1v) is 30.5. The van der Waals surface area contributed by atoms with E-state index in [9.17, 15) is 0 Å². The summed E-state index contributed by atoms with van der Waals surface area (Å²) < 4.78 is 0. The van der Waals surface area contributed by atoms with Crippen molar-refractivity contribution >= 4 is 84.3 Å². The van der Waals surface area contributed by atoms with Crippen molar-refractivity contribution in [2.45, 2.75) is 38.0 Å². The highest BCUT2D eigenvalue weighted by molar-refractivity contribution is 8.32. The van der Waals surface area contributed by atoms with Gasteiger partial charge in [-0.3, -0.25) is 0 Å². The number of rotatable bonds is 10. The van der Waals surface area contributed by atoms with Crippen LogP contribution in [-0.2, 0) is 5.41 Å². The highest BCUT2D eigenvalue weighted by Crippen LogP contribution is 2.56. The standard InChI is InChI=1S/C74H62BN3S/c1-49-23-31-57(32-24-49)74(58-33-25-50(2)26-34-58)65-43-55(53-17-11-8-12-18-53)45-67-71(65)75-72-66(74)44-56(54-19-13-9-14-20-54)46-68(72)78(62-37-29-52(4)30-38-62)70-48-63(47-69(73(70)75)77(67)61-35-27-51(3)28-36-61)76(59-21-15-10-16-22-59)60-39-41-64(42-40-60)79(5,6)7/h8-48H,1-7H3. The van der Waals surface area contributed by atoms with Gasteiger partial charge in [0.1, 0.15) is 0 Å². The van der Waals surface area contributed by atoms with Crippen LogP contribution in [0.15, 0.2) is 254 Å². The fourth-order valence-corrected chi connectivity index (χ4v) is 14.0. The van der Waals surface area contributed by atoms with Crippen LogP contribution in [0, 0.1) is 27.7 Å². The lowest BCUT2D eigenvalue weighted by molar-refractivity contribution is 0.750. The molecule has 0 unspecified atom stereocenters. The van der Waals surface area contributed by atoms with Crippen molar-refractivity contribution in [3.05, 3.63) is 293 Å². The van der Waals surface area contributed by atoms with E-state index < -0.39 is 15.4 Å². The average Bonchev–Trinajstić information content (AvgIpc) is 1.06. The summed E-state index contributed by atoms with van der Waals surface area (Å²) in [6, 6.07) is 95.0. The zero-order chi connectivity index (χ0) is 53.7. The van der Waals surface area contributed by atoms with Crippen LogP contribution in [-0.4, -0.2) is 25.5 Å². The monoisotopic (exact) mass is 1040 g/mol. The molecular weight excluding hydrogens is 974 g/mol. The second kappa shape index (κ2) is 18.7. The summed E-state index contributed by atoms with van der Waals surface area (Å²) in [6.45, 7) is 8.68. The molecule has 0 atom stereocenters. The second-order valence-corrected chi connectivity index (χ2v) is 26.9. The molecule has 3 aliphatic rings. The first-order valence-electron chi connectivity index (χ1n) is 27.6. The molecule has 0 fully saturated rings. The van der Waals surface area contributed by atoms with E-state index in [4.69, 9.17) is 0 Å². The summed E-state index contributed by atoms with van der Waals surface area (Å²) in [7, 11) is -0.961. The van der Waals surface area contributed by atoms with Crippen LogP contribution in [0.25, 0.3) is 22.3 Å². The number of aryl methyl sites for hydroxylation is 4. The Morgan fingerprint density at radius 3 is 1.11 bits per heavy atom. The predicted molar refractivity (Wildman–Crippen MR) is 340 cm³/mol. The van der Waals surface area contributed by atoms with Crippen LogP contribution in [0.1, 0.15) is 44.5 Å². The molecule has 3 aliphatic heterocycles. The second-order valence-electron chi connectivity index (χ2n) is 22.8. The molecule has 5 heteroatoms. The van der Waals surface area contributed by atoms with Crippen molar-refractivity contribution in [1.29, 1.82) is 0 Å². The van der Waals surface area contributed by atoms with Gasteiger partial charge in [0.25, 0.3) is 6.71 Å².